The first-order chi connectivity index (χ1) is 11.6. The predicted molar refractivity (Wildman–Crippen MR) is 90.8 cm³/mol. The number of benzene rings is 1. The highest BCUT2D eigenvalue weighted by Crippen LogP contribution is 2.44. The van der Waals surface area contributed by atoms with Crippen LogP contribution in [0.1, 0.15) is 36.0 Å². The van der Waals surface area contributed by atoms with Crippen molar-refractivity contribution >= 4 is 27.5 Å². The Morgan fingerprint density at radius 3 is 2.79 bits per heavy atom. The molecule has 0 fully saturated rings. The van der Waals surface area contributed by atoms with Gasteiger partial charge in [-0.15, -0.1) is 0 Å². The number of halogens is 1. The highest BCUT2D eigenvalue weighted by Gasteiger charge is 2.33. The van der Waals surface area contributed by atoms with Crippen LogP contribution >= 0.6 is 15.9 Å². The fourth-order valence-corrected chi connectivity index (χ4v) is 3.44. The minimum atomic E-state index is -0.401. The van der Waals surface area contributed by atoms with E-state index in [1.807, 2.05) is 6.07 Å². The normalized spacial score (nSPS) is 15.9. The van der Waals surface area contributed by atoms with Gasteiger partial charge in [-0.2, -0.15) is 15.6 Å². The fourth-order valence-electron chi connectivity index (χ4n) is 2.86. The Bertz CT molecular complexity index is 945. The fraction of sp³-hybridized carbons (Fsp3) is 0.176. The highest BCUT2D eigenvalue weighted by molar-refractivity contribution is 9.10. The van der Waals surface area contributed by atoms with E-state index in [0.717, 1.165) is 11.1 Å². The lowest BCUT2D eigenvalue weighted by atomic mass is 9.82. The molecular formula is C17H12BrN5O. The van der Waals surface area contributed by atoms with Gasteiger partial charge >= 0.3 is 0 Å². The van der Waals surface area contributed by atoms with E-state index in [0.29, 0.717) is 27.1 Å². The quantitative estimate of drug-likeness (QED) is 0.847. The molecule has 2 aromatic rings. The summed E-state index contributed by atoms with van der Waals surface area (Å²) in [6.07, 6.45) is 1.85. The first-order valence-electron chi connectivity index (χ1n) is 7.18. The average Bonchev–Trinajstić information content (AvgIpc) is 3.01. The van der Waals surface area contributed by atoms with Crippen molar-refractivity contribution in [2.24, 2.45) is 0 Å². The Morgan fingerprint density at radius 1 is 1.33 bits per heavy atom. The molecular weight excluding hydrogens is 370 g/mol. The molecule has 2 N–H and O–H groups in total. The number of nitrogens with zero attached hydrogens (tertiary/aromatic N) is 3. The molecule has 2 heterocycles. The summed E-state index contributed by atoms with van der Waals surface area (Å²) in [7, 11) is 0. The van der Waals surface area contributed by atoms with Gasteiger partial charge < -0.3 is 5.32 Å². The summed E-state index contributed by atoms with van der Waals surface area (Å²) in [5.74, 6) is 0.138. The molecule has 1 aliphatic rings. The molecule has 118 valence electrons. The Kier molecular flexibility index (Phi) is 4.20. The molecule has 3 rings (SSSR count). The third kappa shape index (κ3) is 2.60. The number of aromatic nitrogens is 2. The summed E-state index contributed by atoms with van der Waals surface area (Å²) in [5, 5.41) is 29.0. The average molecular weight is 382 g/mol. The lowest BCUT2D eigenvalue weighted by Crippen LogP contribution is -2.19. The number of rotatable bonds is 3. The van der Waals surface area contributed by atoms with Gasteiger partial charge in [0.15, 0.2) is 5.82 Å². The molecule has 0 saturated heterocycles. The Morgan fingerprint density at radius 2 is 2.12 bits per heavy atom. The Hall–Kier alpha value is -2.90. The molecule has 1 atom stereocenters. The van der Waals surface area contributed by atoms with Crippen LogP contribution in [0.3, 0.4) is 0 Å². The first-order valence-corrected chi connectivity index (χ1v) is 7.98. The van der Waals surface area contributed by atoms with Crippen LogP contribution in [0.25, 0.3) is 0 Å². The van der Waals surface area contributed by atoms with Crippen molar-refractivity contribution < 1.29 is 4.79 Å². The smallest absolute Gasteiger partial charge is 0.156 e. The SMILES string of the molecule is CC(=O)CC1=C(C#N)C(c2cccc(C#N)c2Br)c2c[nH]nc2N1. The van der Waals surface area contributed by atoms with Crippen molar-refractivity contribution in [1.29, 1.82) is 10.5 Å². The molecule has 7 heteroatoms. The molecule has 0 saturated carbocycles. The maximum Gasteiger partial charge on any atom is 0.156 e. The van der Waals surface area contributed by atoms with Gasteiger partial charge in [-0.3, -0.25) is 9.89 Å². The zero-order chi connectivity index (χ0) is 17.3. The van der Waals surface area contributed by atoms with Gasteiger partial charge in [0.1, 0.15) is 11.9 Å². The summed E-state index contributed by atoms with van der Waals surface area (Å²) >= 11 is 3.47. The summed E-state index contributed by atoms with van der Waals surface area (Å²) in [6, 6.07) is 9.70. The first kappa shape index (κ1) is 16.0. The highest BCUT2D eigenvalue weighted by atomic mass is 79.9. The lowest BCUT2D eigenvalue weighted by molar-refractivity contribution is -0.116. The number of ketones is 1. The number of allylic oxidation sites excluding steroid dienone is 2. The molecule has 1 aliphatic heterocycles. The van der Waals surface area contributed by atoms with Crippen LogP contribution in [0, 0.1) is 22.7 Å². The zero-order valence-corrected chi connectivity index (χ0v) is 14.3. The number of Topliss-reactive ketones (excluding diaryl/α,β-unsaturated/α-hetero) is 1. The van der Waals surface area contributed by atoms with E-state index >= 15 is 0 Å². The van der Waals surface area contributed by atoms with Crippen LogP contribution in [0.15, 0.2) is 40.1 Å². The molecule has 6 nitrogen and oxygen atoms in total. The van der Waals surface area contributed by atoms with E-state index in [1.165, 1.54) is 6.92 Å². The van der Waals surface area contributed by atoms with Crippen molar-refractivity contribution in [1.82, 2.24) is 10.2 Å². The number of aromatic amines is 1. The minimum Gasteiger partial charge on any atom is -0.341 e. The molecule has 0 amide bonds. The summed E-state index contributed by atoms with van der Waals surface area (Å²) in [6.45, 7) is 1.48. The van der Waals surface area contributed by atoms with Crippen molar-refractivity contribution in [3.05, 3.63) is 56.8 Å². The molecule has 0 aliphatic carbocycles. The standard InChI is InChI=1S/C17H12BrN5O/c1-9(24)5-14-12(7-20)15(13-8-21-23-17(13)22-14)11-4-2-3-10(6-19)16(11)18/h2-4,8,15H,5H2,1H3,(H2,21,22,23). The van der Waals surface area contributed by atoms with E-state index in [-0.39, 0.29) is 12.2 Å². The number of hydrogen-bond acceptors (Lipinski definition) is 5. The number of H-pyrrole nitrogens is 1. The number of nitrogens with one attached hydrogen (secondary N) is 2. The van der Waals surface area contributed by atoms with Crippen molar-refractivity contribution in [2.75, 3.05) is 5.32 Å². The van der Waals surface area contributed by atoms with E-state index < -0.39 is 5.92 Å². The van der Waals surface area contributed by atoms with Gasteiger partial charge in [-0.25, -0.2) is 0 Å². The van der Waals surface area contributed by atoms with Gasteiger partial charge in [-0.05, 0) is 34.5 Å². The van der Waals surface area contributed by atoms with Crippen LogP contribution in [-0.4, -0.2) is 16.0 Å². The Labute approximate surface area is 146 Å². The molecule has 0 radical (unpaired) electrons. The maximum absolute atomic E-state index is 11.6. The van der Waals surface area contributed by atoms with Crippen molar-refractivity contribution in [3.63, 3.8) is 0 Å². The van der Waals surface area contributed by atoms with Crippen LogP contribution in [0.5, 0.6) is 0 Å². The number of nitriles is 2. The van der Waals surface area contributed by atoms with Crippen LogP contribution in [-0.2, 0) is 4.79 Å². The van der Waals surface area contributed by atoms with Crippen molar-refractivity contribution in [2.45, 2.75) is 19.3 Å². The van der Waals surface area contributed by atoms with Gasteiger partial charge in [0.05, 0.1) is 23.1 Å². The molecule has 1 unspecified atom stereocenters. The minimum absolute atomic E-state index is 0.0483. The second-order valence-corrected chi connectivity index (χ2v) is 6.24. The second-order valence-electron chi connectivity index (χ2n) is 5.45. The zero-order valence-electron chi connectivity index (χ0n) is 12.7. The van der Waals surface area contributed by atoms with Crippen LogP contribution in [0.4, 0.5) is 5.82 Å². The van der Waals surface area contributed by atoms with E-state index in [1.54, 1.807) is 18.3 Å². The topological polar surface area (TPSA) is 105 Å². The molecule has 0 spiro atoms. The Balaban J connectivity index is 2.25. The monoisotopic (exact) mass is 381 g/mol. The predicted octanol–water partition coefficient (Wildman–Crippen LogP) is 3.36. The van der Waals surface area contributed by atoms with Crippen LogP contribution < -0.4 is 5.32 Å². The number of anilines is 1. The summed E-state index contributed by atoms with van der Waals surface area (Å²) in [4.78, 5) is 11.6. The van der Waals surface area contributed by atoms with E-state index in [2.05, 4.69) is 43.6 Å². The molecule has 0 bridgehead atoms. The third-order valence-electron chi connectivity index (χ3n) is 3.87. The number of carbonyl (C=O) groups is 1. The summed E-state index contributed by atoms with van der Waals surface area (Å²) < 4.78 is 0.640. The summed E-state index contributed by atoms with van der Waals surface area (Å²) in [5.41, 5.74) is 3.07. The van der Waals surface area contributed by atoms with Crippen molar-refractivity contribution in [3.8, 4) is 12.1 Å². The van der Waals surface area contributed by atoms with Gasteiger partial charge in [0.2, 0.25) is 0 Å². The van der Waals surface area contributed by atoms with E-state index in [9.17, 15) is 15.3 Å². The third-order valence-corrected chi connectivity index (χ3v) is 4.76. The molecule has 24 heavy (non-hydrogen) atoms. The number of fused-ring (bicyclic) bond motifs is 1. The number of carbonyl (C=O) groups excluding carboxylic acids is 1. The second kappa shape index (κ2) is 6.31. The molecule has 1 aromatic carbocycles. The van der Waals surface area contributed by atoms with Crippen LogP contribution in [0.2, 0.25) is 0 Å². The van der Waals surface area contributed by atoms with Gasteiger partial charge in [0, 0.05) is 28.4 Å². The van der Waals surface area contributed by atoms with Gasteiger partial charge in [0.25, 0.3) is 0 Å². The lowest BCUT2D eigenvalue weighted by Gasteiger charge is -2.26. The maximum atomic E-state index is 11.6. The largest absolute Gasteiger partial charge is 0.341 e. The van der Waals surface area contributed by atoms with Gasteiger partial charge in [-0.1, -0.05) is 12.1 Å². The number of hydrogen-bond donors (Lipinski definition) is 2. The van der Waals surface area contributed by atoms with E-state index in [4.69, 9.17) is 0 Å². The molecule has 1 aromatic heterocycles.